The van der Waals surface area contributed by atoms with Crippen molar-refractivity contribution in [3.63, 3.8) is 0 Å². The number of aryl methyl sites for hydroxylation is 1. The second-order valence-corrected chi connectivity index (χ2v) is 11.4. The summed E-state index contributed by atoms with van der Waals surface area (Å²) in [6, 6.07) is 18.2. The third-order valence-electron chi connectivity index (χ3n) is 6.19. The fourth-order valence-electron chi connectivity index (χ4n) is 5.02. The van der Waals surface area contributed by atoms with Crippen LogP contribution in [-0.4, -0.2) is 4.57 Å². The summed E-state index contributed by atoms with van der Waals surface area (Å²) < 4.78 is 5.00. The third-order valence-corrected chi connectivity index (χ3v) is 10.2. The van der Waals surface area contributed by atoms with Gasteiger partial charge in [-0.05, 0) is 0 Å². The molecule has 1 atom stereocenters. The first-order valence-corrected chi connectivity index (χ1v) is 12.6. The van der Waals surface area contributed by atoms with E-state index in [0.717, 1.165) is 0 Å². The van der Waals surface area contributed by atoms with Crippen LogP contribution >= 0.6 is 0 Å². The number of allylic oxidation sites excluding steroid dienone is 5. The molecule has 1 nitrogen and oxygen atoms in total. The molecule has 1 aromatic heterocycles. The number of nitrogens with zero attached hydrogens (tertiary/aromatic N) is 1. The van der Waals surface area contributed by atoms with Crippen molar-refractivity contribution in [3.05, 3.63) is 92.4 Å². The largest absolute Gasteiger partial charge is 1.00 e. The van der Waals surface area contributed by atoms with Crippen LogP contribution < -0.4 is 24.8 Å². The number of hydrogen-bond acceptors (Lipinski definition) is 0. The minimum absolute atomic E-state index is 0. The maximum atomic E-state index is 2.66. The molecule has 0 N–H and O–H groups in total. The van der Waals surface area contributed by atoms with Crippen molar-refractivity contribution in [1.82, 2.24) is 4.57 Å². The molecule has 0 saturated heterocycles. The fraction of sp³-hybridized carbons (Fsp3) is 0.200. The molecule has 29 heavy (non-hydrogen) atoms. The van der Waals surface area contributed by atoms with E-state index in [4.69, 9.17) is 0 Å². The first-order chi connectivity index (χ1) is 13.4. The van der Waals surface area contributed by atoms with Crippen LogP contribution in [0.4, 0.5) is 0 Å². The van der Waals surface area contributed by atoms with Crippen molar-refractivity contribution in [2.75, 3.05) is 0 Å². The van der Waals surface area contributed by atoms with Crippen molar-refractivity contribution in [2.45, 2.75) is 29.3 Å². The summed E-state index contributed by atoms with van der Waals surface area (Å²) in [6.45, 7) is 0. The minimum Gasteiger partial charge on any atom is -1.00 e. The molecule has 0 aliphatic heterocycles. The topological polar surface area (TPSA) is 4.93 Å². The molecule has 4 heteroatoms. The summed E-state index contributed by atoms with van der Waals surface area (Å²) in [5.41, 5.74) is 9.16. The zero-order chi connectivity index (χ0) is 17.8. The maximum Gasteiger partial charge on any atom is -1.00 e. The molecule has 0 spiro atoms. The van der Waals surface area contributed by atoms with Crippen LogP contribution in [0.25, 0.3) is 22.7 Å². The van der Waals surface area contributed by atoms with Gasteiger partial charge in [-0.1, -0.05) is 0 Å². The van der Waals surface area contributed by atoms with E-state index in [1.807, 2.05) is 0 Å². The zero-order valence-corrected chi connectivity index (χ0v) is 20.0. The van der Waals surface area contributed by atoms with E-state index >= 15 is 0 Å². The standard InChI is InChI=1S/C20H16N.C5H5.2ClH.Zr/c1-2-7-15-13-16(12-14(15)6-1)21-19-10-4-3-8-17(19)18-9-5-11-20(18)21;1-2-4-5-3-1;;;/h1-4,6-8,10,12-13H,5,9,11H2;1-3H,4H2;2*1H;/q;;;;+2/p-2. The molecule has 6 rings (SSSR count). The molecule has 0 fully saturated rings. The Morgan fingerprint density at radius 1 is 0.931 bits per heavy atom. The quantitative estimate of drug-likeness (QED) is 0.485. The molecule has 0 radical (unpaired) electrons. The number of halogens is 2. The SMILES string of the molecule is C1=CC[C]([Zr+2][CH]2C(n3c4c(c5ccccc53)CCC4)=Cc3ccccc32)=C1.[Cl-].[Cl-]. The van der Waals surface area contributed by atoms with Crippen LogP contribution in [-0.2, 0) is 36.1 Å². The Labute approximate surface area is 196 Å². The van der Waals surface area contributed by atoms with Crippen molar-refractivity contribution >= 4 is 22.7 Å². The van der Waals surface area contributed by atoms with Crippen LogP contribution in [0.1, 0.15) is 38.9 Å². The van der Waals surface area contributed by atoms with Crippen LogP contribution in [0.3, 0.4) is 0 Å². The average molecular weight is 498 g/mol. The molecule has 3 aromatic rings. The molecule has 2 aromatic carbocycles. The summed E-state index contributed by atoms with van der Waals surface area (Å²) in [6.07, 6.45) is 14.4. The molecule has 3 aliphatic rings. The Hall–Kier alpha value is -1.34. The van der Waals surface area contributed by atoms with Gasteiger partial charge in [0.1, 0.15) is 0 Å². The number of hydrogen-bond donors (Lipinski definition) is 0. The summed E-state index contributed by atoms with van der Waals surface area (Å²) in [5.74, 6) is 0. The van der Waals surface area contributed by atoms with Crippen LogP contribution in [0.2, 0.25) is 0 Å². The van der Waals surface area contributed by atoms with Gasteiger partial charge in [-0.2, -0.15) is 0 Å². The molecule has 1 unspecified atom stereocenters. The Bertz CT molecular complexity index is 1170. The van der Waals surface area contributed by atoms with Crippen molar-refractivity contribution in [3.8, 4) is 0 Å². The summed E-state index contributed by atoms with van der Waals surface area (Å²) in [7, 11) is 0. The molecule has 0 saturated carbocycles. The van der Waals surface area contributed by atoms with Gasteiger partial charge < -0.3 is 24.8 Å². The average Bonchev–Trinajstić information content (AvgIpc) is 3.46. The second-order valence-electron chi connectivity index (χ2n) is 7.73. The van der Waals surface area contributed by atoms with Crippen LogP contribution in [0, 0.1) is 0 Å². The molecule has 3 aliphatic carbocycles. The predicted molar refractivity (Wildman–Crippen MR) is 109 cm³/mol. The van der Waals surface area contributed by atoms with Gasteiger partial charge in [0.15, 0.2) is 0 Å². The third kappa shape index (κ3) is 3.34. The summed E-state index contributed by atoms with van der Waals surface area (Å²) >= 11 is -0.724. The van der Waals surface area contributed by atoms with E-state index < -0.39 is 23.2 Å². The van der Waals surface area contributed by atoms with Crippen LogP contribution in [0.15, 0.2) is 70.0 Å². The Morgan fingerprint density at radius 3 is 2.62 bits per heavy atom. The minimum atomic E-state index is -0.724. The number of aromatic nitrogens is 1. The Kier molecular flexibility index (Phi) is 6.07. The second kappa shape index (κ2) is 8.42. The molecule has 1 heterocycles. The van der Waals surface area contributed by atoms with Gasteiger partial charge >= 0.3 is 172 Å². The first kappa shape index (κ1) is 20.9. The van der Waals surface area contributed by atoms with E-state index in [9.17, 15) is 0 Å². The zero-order valence-electron chi connectivity index (χ0n) is 16.0. The van der Waals surface area contributed by atoms with Crippen molar-refractivity contribution in [1.29, 1.82) is 0 Å². The van der Waals surface area contributed by atoms with E-state index in [0.29, 0.717) is 3.63 Å². The molecule has 0 amide bonds. The van der Waals surface area contributed by atoms with Gasteiger partial charge in [-0.15, -0.1) is 0 Å². The number of fused-ring (bicyclic) bond motifs is 4. The van der Waals surface area contributed by atoms with Crippen molar-refractivity contribution < 1.29 is 48.0 Å². The van der Waals surface area contributed by atoms with Gasteiger partial charge in [-0.3, -0.25) is 0 Å². The van der Waals surface area contributed by atoms with E-state index in [1.165, 1.54) is 42.1 Å². The van der Waals surface area contributed by atoms with Gasteiger partial charge in [0.2, 0.25) is 0 Å². The Balaban J connectivity index is 0.00000102. The fourth-order valence-corrected chi connectivity index (χ4v) is 8.90. The van der Waals surface area contributed by atoms with Gasteiger partial charge in [-0.25, -0.2) is 0 Å². The summed E-state index contributed by atoms with van der Waals surface area (Å²) in [4.78, 5) is 0. The molecular weight excluding hydrogens is 476 g/mol. The monoisotopic (exact) mass is 495 g/mol. The van der Waals surface area contributed by atoms with Crippen LogP contribution in [0.5, 0.6) is 0 Å². The smallest absolute Gasteiger partial charge is 1.00 e. The summed E-state index contributed by atoms with van der Waals surface area (Å²) in [5, 5.41) is 1.48. The van der Waals surface area contributed by atoms with Crippen molar-refractivity contribution in [2.24, 2.45) is 0 Å². The number of benzene rings is 2. The Morgan fingerprint density at radius 2 is 1.76 bits per heavy atom. The first-order valence-electron chi connectivity index (χ1n) is 9.94. The van der Waals surface area contributed by atoms with Gasteiger partial charge in [0.25, 0.3) is 0 Å². The van der Waals surface area contributed by atoms with E-state index in [-0.39, 0.29) is 24.8 Å². The molecular formula is C25H21Cl2NZr. The molecule has 0 bridgehead atoms. The van der Waals surface area contributed by atoms with E-state index in [1.54, 1.807) is 25.8 Å². The number of para-hydroxylation sites is 1. The van der Waals surface area contributed by atoms with Gasteiger partial charge in [0.05, 0.1) is 0 Å². The van der Waals surface area contributed by atoms with Gasteiger partial charge in [0, 0.05) is 0 Å². The van der Waals surface area contributed by atoms with E-state index in [2.05, 4.69) is 77.4 Å². The maximum absolute atomic E-state index is 2.66. The normalized spacial score (nSPS) is 18.4. The predicted octanol–water partition coefficient (Wildman–Crippen LogP) is 0.117. The molecule has 144 valence electrons. The number of rotatable bonds is 3.